The maximum absolute atomic E-state index is 12.8. The number of rotatable bonds is 3. The fraction of sp³-hybridized carbons (Fsp3) is 0.412. The van der Waals surface area contributed by atoms with E-state index in [1.807, 2.05) is 18.2 Å². The number of carbonyl (C=O) groups excluding carboxylic acids is 1. The summed E-state index contributed by atoms with van der Waals surface area (Å²) in [6.45, 7) is 1.79. The Bertz CT molecular complexity index is 908. The molecule has 1 aromatic heterocycles. The Labute approximate surface area is 141 Å². The fourth-order valence-electron chi connectivity index (χ4n) is 3.03. The standard InChI is InChI=1S/C17H20N2O4S/c1-11-15(9-12-8-14(23-3)4-5-16(12)18-11)17(20)19(2)13-6-7-24(21,22)10-13/h4-5,8-9,13H,6-7,10H2,1-3H3. The van der Waals surface area contributed by atoms with Gasteiger partial charge in [0.1, 0.15) is 5.75 Å². The highest BCUT2D eigenvalue weighted by Crippen LogP contribution is 2.24. The fourth-order valence-corrected chi connectivity index (χ4v) is 4.81. The van der Waals surface area contributed by atoms with E-state index in [0.29, 0.717) is 23.4 Å². The summed E-state index contributed by atoms with van der Waals surface area (Å²) in [6.07, 6.45) is 0.485. The lowest BCUT2D eigenvalue weighted by atomic mass is 10.1. The molecule has 1 saturated heterocycles. The number of ether oxygens (including phenoxy) is 1. The molecular formula is C17H20N2O4S. The molecule has 7 heteroatoms. The van der Waals surface area contributed by atoms with Crippen LogP contribution in [0.25, 0.3) is 10.9 Å². The molecule has 1 amide bonds. The van der Waals surface area contributed by atoms with Crippen LogP contribution in [0.4, 0.5) is 0 Å². The molecule has 1 atom stereocenters. The van der Waals surface area contributed by atoms with E-state index in [2.05, 4.69) is 4.98 Å². The van der Waals surface area contributed by atoms with Gasteiger partial charge < -0.3 is 9.64 Å². The van der Waals surface area contributed by atoms with Gasteiger partial charge in [-0.25, -0.2) is 8.42 Å². The summed E-state index contributed by atoms with van der Waals surface area (Å²) in [5, 5.41) is 0.816. The van der Waals surface area contributed by atoms with Crippen molar-refractivity contribution in [1.29, 1.82) is 0 Å². The van der Waals surface area contributed by atoms with Gasteiger partial charge in [0, 0.05) is 18.5 Å². The van der Waals surface area contributed by atoms with E-state index in [1.165, 1.54) is 4.90 Å². The van der Waals surface area contributed by atoms with Crippen LogP contribution < -0.4 is 4.74 Å². The zero-order valence-electron chi connectivity index (χ0n) is 13.9. The minimum atomic E-state index is -3.04. The third-order valence-corrected chi connectivity index (χ3v) is 6.27. The number of aromatic nitrogens is 1. The quantitative estimate of drug-likeness (QED) is 0.845. The van der Waals surface area contributed by atoms with Gasteiger partial charge in [0.25, 0.3) is 5.91 Å². The number of benzene rings is 1. The van der Waals surface area contributed by atoms with E-state index in [9.17, 15) is 13.2 Å². The highest BCUT2D eigenvalue weighted by molar-refractivity contribution is 7.91. The van der Waals surface area contributed by atoms with Crippen LogP contribution in [0.1, 0.15) is 22.5 Å². The Morgan fingerprint density at radius 2 is 2.08 bits per heavy atom. The van der Waals surface area contributed by atoms with E-state index in [1.54, 1.807) is 27.1 Å². The average molecular weight is 348 g/mol. The number of hydrogen-bond acceptors (Lipinski definition) is 5. The first-order valence-corrected chi connectivity index (χ1v) is 9.56. The van der Waals surface area contributed by atoms with Crippen LogP contribution >= 0.6 is 0 Å². The van der Waals surface area contributed by atoms with Crippen molar-refractivity contribution in [1.82, 2.24) is 9.88 Å². The summed E-state index contributed by atoms with van der Waals surface area (Å²) in [4.78, 5) is 18.8. The molecule has 1 unspecified atom stereocenters. The summed E-state index contributed by atoms with van der Waals surface area (Å²) < 4.78 is 28.5. The first kappa shape index (κ1) is 16.7. The van der Waals surface area contributed by atoms with Crippen LogP contribution in [0.2, 0.25) is 0 Å². The second-order valence-corrected chi connectivity index (χ2v) is 8.38. The molecule has 1 aromatic carbocycles. The summed E-state index contributed by atoms with van der Waals surface area (Å²) in [6, 6.07) is 7.03. The number of methoxy groups -OCH3 is 1. The number of amides is 1. The highest BCUT2D eigenvalue weighted by Gasteiger charge is 2.33. The van der Waals surface area contributed by atoms with Crippen molar-refractivity contribution in [3.63, 3.8) is 0 Å². The first-order valence-electron chi connectivity index (χ1n) is 7.74. The summed E-state index contributed by atoms with van der Waals surface area (Å²) in [7, 11) is 0.206. The van der Waals surface area contributed by atoms with Crippen molar-refractivity contribution in [3.05, 3.63) is 35.5 Å². The van der Waals surface area contributed by atoms with E-state index >= 15 is 0 Å². The largest absolute Gasteiger partial charge is 0.497 e. The number of fused-ring (bicyclic) bond motifs is 1. The topological polar surface area (TPSA) is 76.6 Å². The number of aryl methyl sites for hydroxylation is 1. The van der Waals surface area contributed by atoms with Gasteiger partial charge >= 0.3 is 0 Å². The lowest BCUT2D eigenvalue weighted by Crippen LogP contribution is -2.38. The van der Waals surface area contributed by atoms with Gasteiger partial charge in [-0.2, -0.15) is 0 Å². The third-order valence-electron chi connectivity index (χ3n) is 4.52. The number of pyridine rings is 1. The lowest BCUT2D eigenvalue weighted by Gasteiger charge is -2.24. The third kappa shape index (κ3) is 3.08. The Hall–Kier alpha value is -2.15. The normalized spacial score (nSPS) is 19.4. The Morgan fingerprint density at radius 3 is 2.71 bits per heavy atom. The van der Waals surface area contributed by atoms with Crippen LogP contribution in [0.3, 0.4) is 0 Å². The van der Waals surface area contributed by atoms with Crippen LogP contribution in [0.5, 0.6) is 5.75 Å². The molecular weight excluding hydrogens is 328 g/mol. The molecule has 0 radical (unpaired) electrons. The maximum atomic E-state index is 12.8. The summed E-state index contributed by atoms with van der Waals surface area (Å²) in [5.41, 5.74) is 1.91. The second kappa shape index (κ2) is 6.05. The molecule has 24 heavy (non-hydrogen) atoms. The highest BCUT2D eigenvalue weighted by atomic mass is 32.2. The molecule has 2 aromatic rings. The number of carbonyl (C=O) groups is 1. The van der Waals surface area contributed by atoms with Crippen molar-refractivity contribution in [2.75, 3.05) is 25.7 Å². The minimum absolute atomic E-state index is 0.0309. The van der Waals surface area contributed by atoms with Crippen LogP contribution in [-0.2, 0) is 9.84 Å². The molecule has 2 heterocycles. The molecule has 1 aliphatic heterocycles. The van der Waals surface area contributed by atoms with Gasteiger partial charge in [-0.3, -0.25) is 9.78 Å². The molecule has 0 aliphatic carbocycles. The summed E-state index contributed by atoms with van der Waals surface area (Å²) >= 11 is 0. The monoisotopic (exact) mass is 348 g/mol. The predicted molar refractivity (Wildman–Crippen MR) is 92.2 cm³/mol. The van der Waals surface area contributed by atoms with Gasteiger partial charge in [0.15, 0.2) is 9.84 Å². The van der Waals surface area contributed by atoms with Crippen molar-refractivity contribution in [3.8, 4) is 5.75 Å². The molecule has 0 saturated carbocycles. The van der Waals surface area contributed by atoms with Crippen LogP contribution in [-0.4, -0.2) is 55.9 Å². The SMILES string of the molecule is COc1ccc2nc(C)c(C(=O)N(C)C3CCS(=O)(=O)C3)cc2c1. The minimum Gasteiger partial charge on any atom is -0.497 e. The summed E-state index contributed by atoms with van der Waals surface area (Å²) in [5.74, 6) is 0.665. The smallest absolute Gasteiger partial charge is 0.255 e. The van der Waals surface area contributed by atoms with Crippen LogP contribution in [0.15, 0.2) is 24.3 Å². The number of hydrogen-bond donors (Lipinski definition) is 0. The zero-order chi connectivity index (χ0) is 17.5. The van der Waals surface area contributed by atoms with E-state index < -0.39 is 9.84 Å². The maximum Gasteiger partial charge on any atom is 0.255 e. The van der Waals surface area contributed by atoms with Gasteiger partial charge in [-0.15, -0.1) is 0 Å². The number of nitrogens with zero attached hydrogens (tertiary/aromatic N) is 2. The molecule has 0 spiro atoms. The van der Waals surface area contributed by atoms with Gasteiger partial charge in [0.05, 0.1) is 35.4 Å². The van der Waals surface area contributed by atoms with Crippen molar-refractivity contribution >= 4 is 26.6 Å². The molecule has 3 rings (SSSR count). The second-order valence-electron chi connectivity index (χ2n) is 6.15. The molecule has 0 bridgehead atoms. The van der Waals surface area contributed by atoms with Crippen LogP contribution in [0, 0.1) is 6.92 Å². The van der Waals surface area contributed by atoms with Gasteiger partial charge in [-0.1, -0.05) is 0 Å². The zero-order valence-corrected chi connectivity index (χ0v) is 14.8. The molecule has 128 valence electrons. The van der Waals surface area contributed by atoms with Gasteiger partial charge in [-0.05, 0) is 37.6 Å². The number of sulfone groups is 1. The Morgan fingerprint density at radius 1 is 1.33 bits per heavy atom. The van der Waals surface area contributed by atoms with Crippen molar-refractivity contribution < 1.29 is 17.9 Å². The first-order chi connectivity index (χ1) is 11.3. The molecule has 1 fully saturated rings. The Kier molecular flexibility index (Phi) is 4.21. The van der Waals surface area contributed by atoms with E-state index in [-0.39, 0.29) is 23.5 Å². The van der Waals surface area contributed by atoms with Gasteiger partial charge in [0.2, 0.25) is 0 Å². The molecule has 0 N–H and O–H groups in total. The van der Waals surface area contributed by atoms with Crippen molar-refractivity contribution in [2.24, 2.45) is 0 Å². The predicted octanol–water partition coefficient (Wildman–Crippen LogP) is 1.81. The van der Waals surface area contributed by atoms with Crippen molar-refractivity contribution in [2.45, 2.75) is 19.4 Å². The Balaban J connectivity index is 1.95. The van der Waals surface area contributed by atoms with E-state index in [4.69, 9.17) is 4.74 Å². The average Bonchev–Trinajstić information content (AvgIpc) is 2.92. The van der Waals surface area contributed by atoms with E-state index in [0.717, 1.165) is 10.9 Å². The molecule has 1 aliphatic rings. The molecule has 6 nitrogen and oxygen atoms in total. The lowest BCUT2D eigenvalue weighted by molar-refractivity contribution is 0.0746.